The van der Waals surface area contributed by atoms with Gasteiger partial charge in [-0.3, -0.25) is 24.0 Å². The van der Waals surface area contributed by atoms with Crippen LogP contribution in [0.2, 0.25) is 0 Å². The summed E-state index contributed by atoms with van der Waals surface area (Å²) in [5.74, 6) is -0.691. The van der Waals surface area contributed by atoms with Crippen molar-refractivity contribution in [3.63, 3.8) is 0 Å². The summed E-state index contributed by atoms with van der Waals surface area (Å²) in [5.41, 5.74) is -0.467. The quantitative estimate of drug-likeness (QED) is 0.518. The largest absolute Gasteiger partial charge is 0.379 e. The van der Waals surface area contributed by atoms with Crippen molar-refractivity contribution in [1.82, 2.24) is 30.2 Å². The maximum atomic E-state index is 13.4. The van der Waals surface area contributed by atoms with Crippen molar-refractivity contribution in [2.75, 3.05) is 45.9 Å². The SMILES string of the molecule is CCCN1C(=O)c2cc(C(=O)NCCCN3CCOCC3)nn2CC1(C)C(=O)NC1CCCC1. The van der Waals surface area contributed by atoms with Crippen LogP contribution in [0.15, 0.2) is 6.07 Å². The minimum atomic E-state index is -1.04. The molecule has 4 rings (SSSR count). The Labute approximate surface area is 201 Å². The lowest BCUT2D eigenvalue weighted by Gasteiger charge is -2.43. The van der Waals surface area contributed by atoms with Crippen LogP contribution in [0.4, 0.5) is 0 Å². The van der Waals surface area contributed by atoms with E-state index in [9.17, 15) is 14.4 Å². The highest BCUT2D eigenvalue weighted by Gasteiger charge is 2.48. The molecular weight excluding hydrogens is 436 g/mol. The van der Waals surface area contributed by atoms with Crippen LogP contribution in [0.3, 0.4) is 0 Å². The molecule has 34 heavy (non-hydrogen) atoms. The summed E-state index contributed by atoms with van der Waals surface area (Å²) in [5, 5.41) is 10.5. The highest BCUT2D eigenvalue weighted by Crippen LogP contribution is 2.29. The topological polar surface area (TPSA) is 109 Å². The fourth-order valence-electron chi connectivity index (χ4n) is 5.16. The van der Waals surface area contributed by atoms with Gasteiger partial charge < -0.3 is 20.3 Å². The number of morpholine rings is 1. The Bertz CT molecular complexity index is 890. The number of amides is 3. The number of nitrogens with one attached hydrogen (secondary N) is 2. The van der Waals surface area contributed by atoms with Crippen molar-refractivity contribution in [2.45, 2.75) is 70.5 Å². The van der Waals surface area contributed by atoms with Gasteiger partial charge in [-0.25, -0.2) is 0 Å². The number of fused-ring (bicyclic) bond motifs is 1. The molecule has 3 amide bonds. The molecule has 2 N–H and O–H groups in total. The molecule has 3 heterocycles. The third-order valence-corrected chi connectivity index (χ3v) is 7.20. The highest BCUT2D eigenvalue weighted by atomic mass is 16.5. The van der Waals surface area contributed by atoms with Crippen LogP contribution in [0.5, 0.6) is 0 Å². The Morgan fingerprint density at radius 3 is 2.65 bits per heavy atom. The lowest BCUT2D eigenvalue weighted by molar-refractivity contribution is -0.133. The molecule has 1 unspecified atom stereocenters. The maximum absolute atomic E-state index is 13.4. The van der Waals surface area contributed by atoms with E-state index in [1.54, 1.807) is 17.9 Å². The van der Waals surface area contributed by atoms with E-state index in [4.69, 9.17) is 4.74 Å². The first-order valence-corrected chi connectivity index (χ1v) is 12.7. The number of ether oxygens (including phenoxy) is 1. The minimum absolute atomic E-state index is 0.142. The van der Waals surface area contributed by atoms with Crippen LogP contribution in [-0.2, 0) is 16.1 Å². The second-order valence-electron chi connectivity index (χ2n) is 9.82. The van der Waals surface area contributed by atoms with Crippen molar-refractivity contribution in [1.29, 1.82) is 0 Å². The molecule has 0 bridgehead atoms. The van der Waals surface area contributed by atoms with E-state index >= 15 is 0 Å². The molecule has 0 spiro atoms. The summed E-state index contributed by atoms with van der Waals surface area (Å²) < 4.78 is 6.89. The smallest absolute Gasteiger partial charge is 0.273 e. The Balaban J connectivity index is 1.41. The fraction of sp³-hybridized carbons (Fsp3) is 0.750. The van der Waals surface area contributed by atoms with E-state index in [2.05, 4.69) is 20.6 Å². The molecular formula is C24H38N6O4. The third-order valence-electron chi connectivity index (χ3n) is 7.20. The zero-order valence-electron chi connectivity index (χ0n) is 20.5. The number of carbonyl (C=O) groups is 3. The molecule has 1 saturated heterocycles. The number of rotatable bonds is 9. The summed E-state index contributed by atoms with van der Waals surface area (Å²) in [6.45, 7) is 9.30. The zero-order chi connectivity index (χ0) is 24.1. The first-order valence-electron chi connectivity index (χ1n) is 12.7. The average molecular weight is 475 g/mol. The van der Waals surface area contributed by atoms with Gasteiger partial charge in [0, 0.05) is 38.3 Å². The monoisotopic (exact) mass is 474 g/mol. The normalized spacial score (nSPS) is 23.7. The van der Waals surface area contributed by atoms with E-state index in [0.717, 1.165) is 71.4 Å². The molecule has 10 heteroatoms. The van der Waals surface area contributed by atoms with Crippen molar-refractivity contribution in [3.05, 3.63) is 17.5 Å². The third kappa shape index (κ3) is 5.27. The van der Waals surface area contributed by atoms with Gasteiger partial charge in [-0.2, -0.15) is 5.10 Å². The van der Waals surface area contributed by atoms with Gasteiger partial charge in [-0.15, -0.1) is 0 Å². The predicted molar refractivity (Wildman–Crippen MR) is 127 cm³/mol. The lowest BCUT2D eigenvalue weighted by Crippen LogP contribution is -2.65. The van der Waals surface area contributed by atoms with Crippen molar-refractivity contribution >= 4 is 17.7 Å². The van der Waals surface area contributed by atoms with E-state index in [1.165, 1.54) is 4.68 Å². The summed E-state index contributed by atoms with van der Waals surface area (Å²) in [7, 11) is 0. The molecule has 0 aromatic carbocycles. The zero-order valence-corrected chi connectivity index (χ0v) is 20.5. The molecule has 1 aromatic rings. The number of hydrogen-bond acceptors (Lipinski definition) is 6. The van der Waals surface area contributed by atoms with Crippen molar-refractivity contribution < 1.29 is 19.1 Å². The number of carbonyl (C=O) groups excluding carboxylic acids is 3. The summed E-state index contributed by atoms with van der Waals surface area (Å²) in [4.78, 5) is 43.4. The standard InChI is InChI=1S/C24H38N6O4/c1-3-10-29-22(32)20-16-19(21(31)25-9-6-11-28-12-14-34-15-13-28)27-30(20)17-24(29,2)23(33)26-18-7-4-5-8-18/h16,18H,3-15,17H2,1-2H3,(H,25,31)(H,26,33). The molecule has 3 aliphatic rings. The maximum Gasteiger partial charge on any atom is 0.273 e. The Hall–Kier alpha value is -2.46. The van der Waals surface area contributed by atoms with Gasteiger partial charge in [0.25, 0.3) is 11.8 Å². The Kier molecular flexibility index (Phi) is 7.88. The van der Waals surface area contributed by atoms with Crippen molar-refractivity contribution in [2.24, 2.45) is 0 Å². The molecule has 1 aliphatic carbocycles. The lowest BCUT2D eigenvalue weighted by atomic mass is 9.94. The van der Waals surface area contributed by atoms with Gasteiger partial charge in [-0.1, -0.05) is 19.8 Å². The van der Waals surface area contributed by atoms with Crippen LogP contribution in [0, 0.1) is 0 Å². The molecule has 0 radical (unpaired) electrons. The number of nitrogens with zero attached hydrogens (tertiary/aromatic N) is 4. The molecule has 2 aliphatic heterocycles. The van der Waals surface area contributed by atoms with Gasteiger partial charge in [0.05, 0.1) is 19.8 Å². The molecule has 1 atom stereocenters. The molecule has 2 fully saturated rings. The molecule has 188 valence electrons. The number of hydrogen-bond donors (Lipinski definition) is 2. The summed E-state index contributed by atoms with van der Waals surface area (Å²) >= 11 is 0. The molecule has 1 aromatic heterocycles. The first kappa shape index (κ1) is 24.7. The van der Waals surface area contributed by atoms with E-state index < -0.39 is 5.54 Å². The number of aromatic nitrogens is 2. The van der Waals surface area contributed by atoms with E-state index in [-0.39, 0.29) is 36.0 Å². The molecule has 10 nitrogen and oxygen atoms in total. The van der Waals surface area contributed by atoms with E-state index in [0.29, 0.717) is 18.8 Å². The summed E-state index contributed by atoms with van der Waals surface area (Å²) in [6.07, 6.45) is 5.77. The first-order chi connectivity index (χ1) is 16.4. The highest BCUT2D eigenvalue weighted by molar-refractivity contribution is 6.01. The van der Waals surface area contributed by atoms with Gasteiger partial charge in [0.1, 0.15) is 11.2 Å². The van der Waals surface area contributed by atoms with Gasteiger partial charge in [-0.05, 0) is 39.2 Å². The van der Waals surface area contributed by atoms with Crippen LogP contribution < -0.4 is 10.6 Å². The second kappa shape index (κ2) is 10.9. The second-order valence-corrected chi connectivity index (χ2v) is 9.82. The van der Waals surface area contributed by atoms with Gasteiger partial charge >= 0.3 is 0 Å². The average Bonchev–Trinajstić information content (AvgIpc) is 3.50. The summed E-state index contributed by atoms with van der Waals surface area (Å²) in [6, 6.07) is 1.72. The Morgan fingerprint density at radius 2 is 1.94 bits per heavy atom. The van der Waals surface area contributed by atoms with E-state index in [1.807, 2.05) is 6.92 Å². The minimum Gasteiger partial charge on any atom is -0.379 e. The van der Waals surface area contributed by atoms with Gasteiger partial charge in [0.2, 0.25) is 5.91 Å². The van der Waals surface area contributed by atoms with Crippen molar-refractivity contribution in [3.8, 4) is 0 Å². The Morgan fingerprint density at radius 1 is 1.21 bits per heavy atom. The van der Waals surface area contributed by atoms with Crippen LogP contribution in [0.25, 0.3) is 0 Å². The van der Waals surface area contributed by atoms with Crippen LogP contribution in [0.1, 0.15) is 73.3 Å². The van der Waals surface area contributed by atoms with Crippen LogP contribution >= 0.6 is 0 Å². The van der Waals surface area contributed by atoms with Gasteiger partial charge in [0.15, 0.2) is 5.69 Å². The predicted octanol–water partition coefficient (Wildman–Crippen LogP) is 1.02. The fourth-order valence-corrected chi connectivity index (χ4v) is 5.16. The van der Waals surface area contributed by atoms with Crippen LogP contribution in [-0.4, -0.2) is 94.8 Å². The molecule has 1 saturated carbocycles.